The Balaban J connectivity index is 0.000000116. The van der Waals surface area contributed by atoms with E-state index >= 15 is 0 Å². The van der Waals surface area contributed by atoms with E-state index in [0.29, 0.717) is 0 Å². The highest BCUT2D eigenvalue weighted by Crippen LogP contribution is 2.72. The first-order valence-corrected chi connectivity index (χ1v) is 38.2. The molecular weight excluding hydrogens is 1320 g/mol. The lowest BCUT2D eigenvalue weighted by Crippen LogP contribution is -2.78. The van der Waals surface area contributed by atoms with Crippen LogP contribution in [0.5, 0.6) is 0 Å². The SMILES string of the molecule is CC1(C)c2cccc3c2N2c4c1ccc1c4C4(c5c(ccc6c7ccccc7n-1c56)-n1ccc[n+]14)[n+]1cccc(c12)C3(c1ccccc1)c1ccccc1.CC1(C)c2cccc3c2N2c4c1ccc1c4C4(c5c(ccc6c7ccccc7n-1c56)-n1ccc[n+]14)[n+]1cccc(c12)C31c2ccccc2-c2ccccc21. The van der Waals surface area contributed by atoms with Crippen LogP contribution in [0.1, 0.15) is 117 Å². The van der Waals surface area contributed by atoms with Crippen LogP contribution in [0.4, 0.5) is 34.4 Å². The maximum Gasteiger partial charge on any atom is 0.394 e. The molecule has 2 atom stereocenters. The molecule has 12 aromatic carbocycles. The second kappa shape index (κ2) is 17.7. The molecule has 108 heavy (non-hydrogen) atoms. The molecule has 1 aliphatic carbocycles. The Morgan fingerprint density at radius 1 is 0.269 bits per heavy atom. The van der Waals surface area contributed by atoms with E-state index in [9.17, 15) is 0 Å². The average Bonchev–Trinajstić information content (AvgIpc) is 1.46. The van der Waals surface area contributed by atoms with Crippen LogP contribution in [-0.4, -0.2) is 18.5 Å². The van der Waals surface area contributed by atoms with Crippen molar-refractivity contribution in [3.05, 3.63) is 405 Å². The van der Waals surface area contributed by atoms with Crippen molar-refractivity contribution < 1.29 is 18.5 Å². The predicted octanol–water partition coefficient (Wildman–Crippen LogP) is 18.4. The van der Waals surface area contributed by atoms with Crippen molar-refractivity contribution in [2.45, 2.75) is 60.7 Å². The number of pyridine rings is 2. The van der Waals surface area contributed by atoms with Crippen LogP contribution in [0.25, 0.3) is 77.5 Å². The van der Waals surface area contributed by atoms with Gasteiger partial charge in [-0.05, 0) is 106 Å². The summed E-state index contributed by atoms with van der Waals surface area (Å²) in [5, 5.41) is 5.18. The largest absolute Gasteiger partial charge is 0.394 e. The molecule has 10 aliphatic heterocycles. The van der Waals surface area contributed by atoms with Crippen molar-refractivity contribution in [1.82, 2.24) is 18.5 Å². The molecular formula is C98H64N10+4. The molecule has 0 N–H and O–H groups in total. The van der Waals surface area contributed by atoms with Gasteiger partial charge in [-0.3, -0.25) is 0 Å². The molecule has 3 spiro atoms. The van der Waals surface area contributed by atoms with Gasteiger partial charge in [-0.1, -0.05) is 231 Å². The van der Waals surface area contributed by atoms with Crippen LogP contribution in [0.2, 0.25) is 0 Å². The average molecular weight is 1380 g/mol. The molecule has 11 aliphatic rings. The first kappa shape index (κ1) is 56.0. The van der Waals surface area contributed by atoms with Gasteiger partial charge in [0, 0.05) is 77.9 Å². The number of aromatic nitrogens is 8. The van der Waals surface area contributed by atoms with Gasteiger partial charge in [0.05, 0.1) is 80.2 Å². The van der Waals surface area contributed by atoms with Crippen LogP contribution in [0.15, 0.2) is 316 Å². The minimum Gasteiger partial charge on any atom is -0.307 e. The van der Waals surface area contributed by atoms with Gasteiger partial charge in [0.1, 0.15) is 45.0 Å². The molecule has 10 heteroatoms. The van der Waals surface area contributed by atoms with E-state index in [4.69, 9.17) is 0 Å². The summed E-state index contributed by atoms with van der Waals surface area (Å²) in [6, 6.07) is 106. The van der Waals surface area contributed by atoms with E-state index in [1.165, 1.54) is 201 Å². The van der Waals surface area contributed by atoms with Crippen LogP contribution in [-0.2, 0) is 33.0 Å². The van der Waals surface area contributed by atoms with Crippen molar-refractivity contribution in [2.75, 3.05) is 9.80 Å². The zero-order chi connectivity index (χ0) is 70.3. The van der Waals surface area contributed by atoms with Gasteiger partial charge in [-0.25, -0.2) is 0 Å². The monoisotopic (exact) mass is 1380 g/mol. The number of anilines is 6. The molecule has 0 saturated carbocycles. The molecule has 0 amide bonds. The van der Waals surface area contributed by atoms with E-state index in [1.54, 1.807) is 0 Å². The first-order valence-electron chi connectivity index (χ1n) is 38.2. The Labute approximate surface area is 620 Å². The first-order chi connectivity index (χ1) is 53.2. The Morgan fingerprint density at radius 2 is 0.657 bits per heavy atom. The molecule has 16 heterocycles. The number of hydrogen-bond donors (Lipinski definition) is 0. The van der Waals surface area contributed by atoms with Gasteiger partial charge in [-0.2, -0.15) is 18.9 Å². The number of hydrogen-bond acceptors (Lipinski definition) is 2. The van der Waals surface area contributed by atoms with Crippen LogP contribution < -0.4 is 28.3 Å². The highest BCUT2D eigenvalue weighted by Gasteiger charge is 2.75. The van der Waals surface area contributed by atoms with Crippen molar-refractivity contribution in [3.8, 4) is 33.9 Å². The summed E-state index contributed by atoms with van der Waals surface area (Å²) in [6.45, 7) is 9.79. The fourth-order valence-electron chi connectivity index (χ4n) is 24.3. The van der Waals surface area contributed by atoms with E-state index < -0.39 is 22.2 Å². The minimum atomic E-state index is -0.690. The second-order valence-electron chi connectivity index (χ2n) is 32.7. The number of fused-ring (bicyclic) bond motifs is 19. The molecule has 0 radical (unpaired) electrons. The van der Waals surface area contributed by atoms with Gasteiger partial charge in [-0.15, -0.1) is 9.36 Å². The van der Waals surface area contributed by atoms with Gasteiger partial charge < -0.3 is 9.13 Å². The number of rotatable bonds is 2. The normalized spacial score (nSPS) is 19.1. The van der Waals surface area contributed by atoms with Gasteiger partial charge in [0.25, 0.3) is 11.6 Å². The Bertz CT molecular complexity index is 6990. The lowest BCUT2D eigenvalue weighted by molar-refractivity contribution is -0.991. The topological polar surface area (TPSA) is 41.7 Å². The molecule has 10 nitrogen and oxygen atoms in total. The van der Waals surface area contributed by atoms with Crippen molar-refractivity contribution in [1.29, 1.82) is 0 Å². The third-order valence-corrected chi connectivity index (χ3v) is 28.0. The third kappa shape index (κ3) is 5.41. The van der Waals surface area contributed by atoms with E-state index in [1.807, 2.05) is 0 Å². The summed E-state index contributed by atoms with van der Waals surface area (Å²) in [5.41, 5.74) is 36.4. The maximum absolute atomic E-state index is 2.70. The highest BCUT2D eigenvalue weighted by atomic mass is 15.6. The fraction of sp³-hybridized carbons (Fsp3) is 0.102. The summed E-state index contributed by atoms with van der Waals surface area (Å²) in [5.74, 6) is 2.47. The number of benzene rings is 12. The maximum atomic E-state index is 2.70. The van der Waals surface area contributed by atoms with Crippen molar-refractivity contribution in [3.63, 3.8) is 0 Å². The smallest absolute Gasteiger partial charge is 0.307 e. The Kier molecular flexibility index (Phi) is 9.20. The molecule has 29 rings (SSSR count). The van der Waals surface area contributed by atoms with Crippen LogP contribution in [0, 0.1) is 0 Å². The molecule has 2 unspecified atom stereocenters. The summed E-state index contributed by atoms with van der Waals surface area (Å²) in [6.07, 6.45) is 13.8. The third-order valence-electron chi connectivity index (χ3n) is 28.0. The Morgan fingerprint density at radius 3 is 1.15 bits per heavy atom. The van der Waals surface area contributed by atoms with E-state index in [0.717, 1.165) is 0 Å². The van der Waals surface area contributed by atoms with Crippen LogP contribution >= 0.6 is 0 Å². The quantitative estimate of drug-likeness (QED) is 0.162. The summed E-state index contributed by atoms with van der Waals surface area (Å²) < 4.78 is 20.3. The van der Waals surface area contributed by atoms with Crippen LogP contribution in [0.3, 0.4) is 0 Å². The molecule has 6 aromatic heterocycles. The molecule has 0 fully saturated rings. The van der Waals surface area contributed by atoms with E-state index in [2.05, 4.69) is 391 Å². The second-order valence-corrected chi connectivity index (χ2v) is 32.7. The molecule has 502 valence electrons. The predicted molar refractivity (Wildman–Crippen MR) is 421 cm³/mol. The highest BCUT2D eigenvalue weighted by molar-refractivity contribution is 6.15. The van der Waals surface area contributed by atoms with Crippen molar-refractivity contribution in [2.24, 2.45) is 0 Å². The van der Waals surface area contributed by atoms with Gasteiger partial charge >= 0.3 is 11.3 Å². The summed E-state index contributed by atoms with van der Waals surface area (Å²) in [7, 11) is 0. The summed E-state index contributed by atoms with van der Waals surface area (Å²) in [4.78, 5) is 5.37. The fourth-order valence-corrected chi connectivity index (χ4v) is 24.3. The zero-order valence-electron chi connectivity index (χ0n) is 59.5. The molecule has 18 aromatic rings. The lowest BCUT2D eigenvalue weighted by atomic mass is 9.59. The van der Waals surface area contributed by atoms with Gasteiger partial charge in [0.2, 0.25) is 12.4 Å². The standard InChI is InChI=1S/C49H31N5.C49H33N5/c1-47(2)34-17-9-18-36-44(34)54-45-35(47)22-24-40-42(45)49(41-39(51-26-11-27-52(49)51)23-21-31-30-14-5-8-20-38(30)53(40)43(31)41)50-25-10-19-37(46(50)54)48(36)32-15-6-3-12-28(32)29-13-4-7-16-33(29)48;1-47(2)34-19-11-20-36-44(34)54-45-35(47)24-26-40-42(45)49(41-39(51-28-13-29-52(49)51)25-23-33-32-18-9-10-22-38(32)53(40)43(33)41)50-27-12-21-37(46(50)54)48(36,30-14-5-3-6-15-30)31-16-7-4-8-17-31/h3-27H,1-2H3;3-29H,1-2H3/q2*+2. The van der Waals surface area contributed by atoms with Gasteiger partial charge in [0.15, 0.2) is 11.4 Å². The zero-order valence-corrected chi connectivity index (χ0v) is 59.5. The molecule has 0 bridgehead atoms. The Hall–Kier alpha value is -13.4. The van der Waals surface area contributed by atoms with E-state index in [-0.39, 0.29) is 10.8 Å². The summed E-state index contributed by atoms with van der Waals surface area (Å²) >= 11 is 0. The number of para-hydroxylation sites is 4. The molecule has 0 saturated heterocycles. The lowest BCUT2D eigenvalue weighted by Gasteiger charge is -2.50. The number of nitrogens with zero attached hydrogens (tertiary/aromatic N) is 10. The van der Waals surface area contributed by atoms with Crippen molar-refractivity contribution >= 4 is 78.0 Å². The minimum absolute atomic E-state index is 0.264.